The fourth-order valence-corrected chi connectivity index (χ4v) is 3.97. The highest BCUT2D eigenvalue weighted by molar-refractivity contribution is 5.65. The minimum absolute atomic E-state index is 0.152. The fourth-order valence-electron chi connectivity index (χ4n) is 3.97. The Hall–Kier alpha value is -3.05. The van der Waals surface area contributed by atoms with Gasteiger partial charge < -0.3 is 25.0 Å². The average Bonchev–Trinajstić information content (AvgIpc) is 3.23. The summed E-state index contributed by atoms with van der Waals surface area (Å²) in [5, 5.41) is 11.4. The Morgan fingerprint density at radius 3 is 2.90 bits per heavy atom. The van der Waals surface area contributed by atoms with Crippen LogP contribution in [0.15, 0.2) is 18.5 Å². The van der Waals surface area contributed by atoms with E-state index >= 15 is 0 Å². The number of anilines is 2. The van der Waals surface area contributed by atoms with Crippen molar-refractivity contribution in [1.29, 1.82) is 0 Å². The molecule has 3 aromatic rings. The van der Waals surface area contributed by atoms with Crippen LogP contribution in [0.3, 0.4) is 0 Å². The Morgan fingerprint density at radius 2 is 2.13 bits per heavy atom. The first-order chi connectivity index (χ1) is 15.2. The lowest BCUT2D eigenvalue weighted by Crippen LogP contribution is -2.38. The van der Waals surface area contributed by atoms with Crippen LogP contribution >= 0.6 is 0 Å². The topological polar surface area (TPSA) is 102 Å². The number of piperidine rings is 1. The molecule has 2 aliphatic heterocycles. The number of hydrogen-bond acceptors (Lipinski definition) is 9. The summed E-state index contributed by atoms with van der Waals surface area (Å²) >= 11 is 0. The second-order valence-electron chi connectivity index (χ2n) is 7.63. The quantitative estimate of drug-likeness (QED) is 0.623. The predicted molar refractivity (Wildman–Crippen MR) is 113 cm³/mol. The van der Waals surface area contributed by atoms with E-state index in [9.17, 15) is 4.39 Å². The molecule has 0 saturated carbocycles. The maximum atomic E-state index is 14.8. The first-order valence-corrected chi connectivity index (χ1v) is 10.5. The Bertz CT molecular complexity index is 1060. The molecule has 10 nitrogen and oxygen atoms in total. The van der Waals surface area contributed by atoms with Crippen LogP contribution < -0.4 is 20.3 Å². The molecule has 1 atom stereocenters. The molecule has 0 radical (unpaired) electrons. The third-order valence-corrected chi connectivity index (χ3v) is 5.59. The molecule has 2 saturated heterocycles. The van der Waals surface area contributed by atoms with Crippen LogP contribution in [0.4, 0.5) is 16.2 Å². The van der Waals surface area contributed by atoms with Crippen LogP contribution in [0.1, 0.15) is 12.8 Å². The molecular weight excluding hydrogens is 403 g/mol. The molecule has 0 aromatic carbocycles. The molecule has 2 N–H and O–H groups in total. The van der Waals surface area contributed by atoms with E-state index in [1.807, 2.05) is 0 Å². The molecule has 5 rings (SSSR count). The Morgan fingerprint density at radius 1 is 1.26 bits per heavy atom. The Kier molecular flexibility index (Phi) is 5.51. The van der Waals surface area contributed by atoms with Crippen molar-refractivity contribution in [3.8, 4) is 17.1 Å². The summed E-state index contributed by atoms with van der Waals surface area (Å²) in [6, 6.07) is 2.01. The highest BCUT2D eigenvalue weighted by Gasteiger charge is 2.22. The molecule has 2 fully saturated rings. The van der Waals surface area contributed by atoms with Gasteiger partial charge in [-0.3, -0.25) is 0 Å². The van der Waals surface area contributed by atoms with Crippen LogP contribution in [0.25, 0.3) is 17.0 Å². The summed E-state index contributed by atoms with van der Waals surface area (Å²) in [7, 11) is 1.60. The fraction of sp³-hybridized carbons (Fsp3) is 0.500. The number of halogens is 1. The van der Waals surface area contributed by atoms with Gasteiger partial charge in [0.15, 0.2) is 23.0 Å². The van der Waals surface area contributed by atoms with E-state index in [2.05, 4.69) is 30.5 Å². The second-order valence-corrected chi connectivity index (χ2v) is 7.63. The smallest absolute Gasteiger partial charge is 0.223 e. The molecule has 11 heteroatoms. The number of methoxy groups -OCH3 is 1. The van der Waals surface area contributed by atoms with Gasteiger partial charge in [-0.1, -0.05) is 0 Å². The minimum Gasteiger partial charge on any atom is -0.493 e. The van der Waals surface area contributed by atoms with Gasteiger partial charge in [-0.05, 0) is 19.4 Å². The number of nitrogens with one attached hydrogen (secondary N) is 2. The first-order valence-electron chi connectivity index (χ1n) is 10.5. The summed E-state index contributed by atoms with van der Waals surface area (Å²) in [4.78, 5) is 15.1. The molecule has 0 amide bonds. The van der Waals surface area contributed by atoms with Crippen molar-refractivity contribution in [1.82, 2.24) is 29.9 Å². The van der Waals surface area contributed by atoms with Crippen LogP contribution in [-0.4, -0.2) is 77.1 Å². The lowest BCUT2D eigenvalue weighted by Gasteiger charge is -2.28. The molecule has 3 aromatic heterocycles. The van der Waals surface area contributed by atoms with Crippen molar-refractivity contribution >= 4 is 17.4 Å². The van der Waals surface area contributed by atoms with Gasteiger partial charge in [0, 0.05) is 31.7 Å². The van der Waals surface area contributed by atoms with Crippen LogP contribution in [0.5, 0.6) is 5.75 Å². The van der Waals surface area contributed by atoms with E-state index < -0.39 is 5.82 Å². The van der Waals surface area contributed by atoms with Crippen molar-refractivity contribution in [2.75, 3.05) is 56.7 Å². The SMILES string of the molecule is COc1cc2ncc(-c3nc(NC4CCCNC4)ncc3F)n2nc1N1CCOCC1. The summed E-state index contributed by atoms with van der Waals surface area (Å²) < 4.78 is 27.3. The molecule has 0 aliphatic carbocycles. The summed E-state index contributed by atoms with van der Waals surface area (Å²) in [6.45, 7) is 4.47. The number of rotatable bonds is 5. The van der Waals surface area contributed by atoms with Gasteiger partial charge in [0.2, 0.25) is 5.95 Å². The molecule has 164 valence electrons. The summed E-state index contributed by atoms with van der Waals surface area (Å²) in [5.74, 6) is 1.14. The van der Waals surface area contributed by atoms with Gasteiger partial charge in [0.1, 0.15) is 11.4 Å². The predicted octanol–water partition coefficient (Wildman–Crippen LogP) is 1.33. The highest BCUT2D eigenvalue weighted by Crippen LogP contribution is 2.30. The number of hydrogen-bond donors (Lipinski definition) is 2. The monoisotopic (exact) mass is 428 g/mol. The van der Waals surface area contributed by atoms with Gasteiger partial charge >= 0.3 is 0 Å². The molecular formula is C20H25FN8O2. The van der Waals surface area contributed by atoms with Gasteiger partial charge in [-0.25, -0.2) is 23.9 Å². The number of imidazole rings is 1. The van der Waals surface area contributed by atoms with Gasteiger partial charge in [0.25, 0.3) is 0 Å². The van der Waals surface area contributed by atoms with Crippen molar-refractivity contribution < 1.29 is 13.9 Å². The van der Waals surface area contributed by atoms with E-state index in [-0.39, 0.29) is 11.7 Å². The lowest BCUT2D eigenvalue weighted by atomic mass is 10.1. The zero-order valence-corrected chi connectivity index (χ0v) is 17.3. The highest BCUT2D eigenvalue weighted by atomic mass is 19.1. The maximum Gasteiger partial charge on any atom is 0.223 e. The minimum atomic E-state index is -0.528. The number of ether oxygens (including phenoxy) is 2. The Balaban J connectivity index is 1.52. The standard InChI is InChI=1S/C20H25FN8O2/c1-30-16-9-17-23-12-15(29(17)27-19(16)28-5-7-31-8-6-28)18-14(21)11-24-20(26-18)25-13-3-2-4-22-10-13/h9,11-13,22H,2-8,10H2,1H3,(H,24,25,26). The largest absolute Gasteiger partial charge is 0.493 e. The van der Waals surface area contributed by atoms with E-state index in [1.54, 1.807) is 23.9 Å². The van der Waals surface area contributed by atoms with Gasteiger partial charge in [-0.2, -0.15) is 0 Å². The normalized spacial score (nSPS) is 19.5. The second kappa shape index (κ2) is 8.60. The first kappa shape index (κ1) is 19.9. The average molecular weight is 428 g/mol. The van der Waals surface area contributed by atoms with Gasteiger partial charge in [0.05, 0.1) is 32.7 Å². The number of nitrogens with zero attached hydrogens (tertiary/aromatic N) is 6. The molecule has 0 spiro atoms. The number of aromatic nitrogens is 5. The van der Waals surface area contributed by atoms with Crippen molar-refractivity contribution in [2.45, 2.75) is 18.9 Å². The molecule has 2 aliphatic rings. The summed E-state index contributed by atoms with van der Waals surface area (Å²) in [6.07, 6.45) is 4.85. The molecule has 5 heterocycles. The van der Waals surface area contributed by atoms with E-state index in [0.717, 1.165) is 25.9 Å². The van der Waals surface area contributed by atoms with E-state index in [0.29, 0.717) is 55.2 Å². The molecule has 0 bridgehead atoms. The zero-order chi connectivity index (χ0) is 21.2. The van der Waals surface area contributed by atoms with Crippen LogP contribution in [-0.2, 0) is 4.74 Å². The summed E-state index contributed by atoms with van der Waals surface area (Å²) in [5.41, 5.74) is 1.16. The van der Waals surface area contributed by atoms with Crippen molar-refractivity contribution in [2.24, 2.45) is 0 Å². The van der Waals surface area contributed by atoms with Crippen molar-refractivity contribution in [3.05, 3.63) is 24.3 Å². The third kappa shape index (κ3) is 3.98. The number of fused-ring (bicyclic) bond motifs is 1. The zero-order valence-electron chi connectivity index (χ0n) is 17.3. The lowest BCUT2D eigenvalue weighted by molar-refractivity contribution is 0.122. The number of morpholine rings is 1. The molecule has 31 heavy (non-hydrogen) atoms. The van der Waals surface area contributed by atoms with Crippen molar-refractivity contribution in [3.63, 3.8) is 0 Å². The van der Waals surface area contributed by atoms with E-state index in [4.69, 9.17) is 14.6 Å². The molecule has 1 unspecified atom stereocenters. The van der Waals surface area contributed by atoms with Gasteiger partial charge in [-0.15, -0.1) is 5.10 Å². The third-order valence-electron chi connectivity index (χ3n) is 5.59. The Labute approximate surface area is 178 Å². The van der Waals surface area contributed by atoms with Crippen LogP contribution in [0.2, 0.25) is 0 Å². The van der Waals surface area contributed by atoms with E-state index in [1.165, 1.54) is 6.20 Å². The van der Waals surface area contributed by atoms with Crippen LogP contribution in [0, 0.1) is 5.82 Å². The maximum absolute atomic E-state index is 14.8.